The summed E-state index contributed by atoms with van der Waals surface area (Å²) in [6, 6.07) is 6.35. The summed E-state index contributed by atoms with van der Waals surface area (Å²) in [4.78, 5) is 27.6. The van der Waals surface area contributed by atoms with Gasteiger partial charge in [0.15, 0.2) is 0 Å². The third-order valence-corrected chi connectivity index (χ3v) is 3.94. The maximum Gasteiger partial charge on any atom is 0.307 e. The van der Waals surface area contributed by atoms with Gasteiger partial charge in [-0.2, -0.15) is 0 Å². The average Bonchev–Trinajstić information content (AvgIpc) is 2.55. The summed E-state index contributed by atoms with van der Waals surface area (Å²) in [5.41, 5.74) is 7.43. The SMILES string of the molecule is CCOC(=O)CC(N)c1ccc(NC(=O)c2c(Cl)cncc2Cl)cc1. The number of carbonyl (C=O) groups excluding carboxylic acids is 2. The lowest BCUT2D eigenvalue weighted by molar-refractivity contribution is -0.143. The Balaban J connectivity index is 2.05. The Morgan fingerprint density at radius 3 is 2.36 bits per heavy atom. The Bertz CT molecular complexity index is 746. The number of halogens is 2. The van der Waals surface area contributed by atoms with Crippen molar-refractivity contribution in [1.29, 1.82) is 0 Å². The van der Waals surface area contributed by atoms with Crippen LogP contribution in [0.2, 0.25) is 10.0 Å². The van der Waals surface area contributed by atoms with Gasteiger partial charge in [-0.3, -0.25) is 14.6 Å². The minimum Gasteiger partial charge on any atom is -0.466 e. The molecular formula is C17H17Cl2N3O3. The molecule has 2 rings (SSSR count). The van der Waals surface area contributed by atoms with Crippen LogP contribution in [0, 0.1) is 0 Å². The van der Waals surface area contributed by atoms with Crippen molar-refractivity contribution >= 4 is 40.8 Å². The Morgan fingerprint density at radius 1 is 1.20 bits per heavy atom. The summed E-state index contributed by atoms with van der Waals surface area (Å²) in [5.74, 6) is -0.796. The molecule has 1 unspecified atom stereocenters. The number of hydrogen-bond donors (Lipinski definition) is 2. The van der Waals surface area contributed by atoms with E-state index in [2.05, 4.69) is 10.3 Å². The van der Waals surface area contributed by atoms with Crippen LogP contribution in [0.1, 0.15) is 35.3 Å². The highest BCUT2D eigenvalue weighted by Crippen LogP contribution is 2.24. The highest BCUT2D eigenvalue weighted by Gasteiger charge is 2.16. The quantitative estimate of drug-likeness (QED) is 0.745. The number of esters is 1. The van der Waals surface area contributed by atoms with E-state index in [1.54, 1.807) is 31.2 Å². The highest BCUT2D eigenvalue weighted by atomic mass is 35.5. The van der Waals surface area contributed by atoms with Crippen molar-refractivity contribution in [3.05, 3.63) is 57.8 Å². The Hall–Kier alpha value is -2.15. The molecule has 1 aromatic carbocycles. The molecule has 8 heteroatoms. The number of anilines is 1. The van der Waals surface area contributed by atoms with E-state index in [1.807, 2.05) is 0 Å². The molecule has 1 aromatic heterocycles. The fraction of sp³-hybridized carbons (Fsp3) is 0.235. The second-order valence-electron chi connectivity index (χ2n) is 5.17. The number of pyridine rings is 1. The second kappa shape index (κ2) is 8.80. The topological polar surface area (TPSA) is 94.3 Å². The van der Waals surface area contributed by atoms with E-state index in [9.17, 15) is 9.59 Å². The van der Waals surface area contributed by atoms with E-state index < -0.39 is 11.9 Å². The van der Waals surface area contributed by atoms with E-state index in [1.165, 1.54) is 12.4 Å². The molecule has 0 saturated heterocycles. The van der Waals surface area contributed by atoms with Gasteiger partial charge in [0.2, 0.25) is 0 Å². The van der Waals surface area contributed by atoms with Crippen LogP contribution < -0.4 is 11.1 Å². The molecule has 0 radical (unpaired) electrons. The van der Waals surface area contributed by atoms with Crippen LogP contribution in [-0.4, -0.2) is 23.5 Å². The standard InChI is InChI=1S/C17H17Cl2N3O3/c1-2-25-15(23)7-14(20)10-3-5-11(6-4-10)22-17(24)16-12(18)8-21-9-13(16)19/h3-6,8-9,14H,2,7,20H2,1H3,(H,22,24). The van der Waals surface area contributed by atoms with Crippen molar-refractivity contribution < 1.29 is 14.3 Å². The maximum absolute atomic E-state index is 12.3. The maximum atomic E-state index is 12.3. The van der Waals surface area contributed by atoms with Gasteiger partial charge >= 0.3 is 5.97 Å². The van der Waals surface area contributed by atoms with Crippen LogP contribution in [0.4, 0.5) is 5.69 Å². The first kappa shape index (κ1) is 19.2. The Kier molecular flexibility index (Phi) is 6.75. The van der Waals surface area contributed by atoms with Crippen molar-refractivity contribution in [2.24, 2.45) is 5.73 Å². The smallest absolute Gasteiger partial charge is 0.307 e. The number of aromatic nitrogens is 1. The first-order valence-corrected chi connectivity index (χ1v) is 8.29. The van der Waals surface area contributed by atoms with Crippen molar-refractivity contribution in [1.82, 2.24) is 4.98 Å². The van der Waals surface area contributed by atoms with Gasteiger partial charge in [-0.15, -0.1) is 0 Å². The summed E-state index contributed by atoms with van der Waals surface area (Å²) >= 11 is 11.9. The molecule has 0 aliphatic carbocycles. The second-order valence-corrected chi connectivity index (χ2v) is 5.98. The lowest BCUT2D eigenvalue weighted by atomic mass is 10.0. The van der Waals surface area contributed by atoms with Gasteiger partial charge in [-0.05, 0) is 24.6 Å². The van der Waals surface area contributed by atoms with Crippen LogP contribution in [0.3, 0.4) is 0 Å². The first-order valence-electron chi connectivity index (χ1n) is 7.54. The van der Waals surface area contributed by atoms with Crippen molar-refractivity contribution in [2.75, 3.05) is 11.9 Å². The number of nitrogens with two attached hydrogens (primary N) is 1. The zero-order valence-corrected chi connectivity index (χ0v) is 15.0. The summed E-state index contributed by atoms with van der Waals surface area (Å²) in [6.07, 6.45) is 2.78. The lowest BCUT2D eigenvalue weighted by Crippen LogP contribution is -2.17. The van der Waals surface area contributed by atoms with Crippen molar-refractivity contribution in [2.45, 2.75) is 19.4 Å². The molecule has 0 saturated carbocycles. The predicted octanol–water partition coefficient (Wildman–Crippen LogP) is 3.59. The van der Waals surface area contributed by atoms with Crippen LogP contribution in [0.25, 0.3) is 0 Å². The van der Waals surface area contributed by atoms with Gasteiger partial charge in [0, 0.05) is 24.1 Å². The predicted molar refractivity (Wildman–Crippen MR) is 96.8 cm³/mol. The van der Waals surface area contributed by atoms with Gasteiger partial charge in [-0.25, -0.2) is 0 Å². The summed E-state index contributed by atoms with van der Waals surface area (Å²) < 4.78 is 4.88. The molecule has 25 heavy (non-hydrogen) atoms. The van der Waals surface area contributed by atoms with E-state index in [0.29, 0.717) is 12.3 Å². The summed E-state index contributed by atoms with van der Waals surface area (Å²) in [5, 5.41) is 3.03. The Labute approximate surface area is 155 Å². The normalized spacial score (nSPS) is 11.7. The third kappa shape index (κ3) is 5.16. The largest absolute Gasteiger partial charge is 0.466 e. The highest BCUT2D eigenvalue weighted by molar-refractivity contribution is 6.40. The average molecular weight is 382 g/mol. The van der Waals surface area contributed by atoms with Gasteiger partial charge < -0.3 is 15.8 Å². The molecule has 1 heterocycles. The molecule has 0 spiro atoms. The van der Waals surface area contributed by atoms with Gasteiger partial charge in [0.1, 0.15) is 0 Å². The minimum atomic E-state index is -0.479. The molecule has 1 amide bonds. The van der Waals surface area contributed by atoms with Crippen LogP contribution >= 0.6 is 23.2 Å². The summed E-state index contributed by atoms with van der Waals surface area (Å²) in [6.45, 7) is 2.05. The fourth-order valence-electron chi connectivity index (χ4n) is 2.15. The van der Waals surface area contributed by atoms with E-state index >= 15 is 0 Å². The van der Waals surface area contributed by atoms with Crippen LogP contribution in [0.15, 0.2) is 36.7 Å². The number of nitrogens with zero attached hydrogens (tertiary/aromatic N) is 1. The van der Waals surface area contributed by atoms with Gasteiger partial charge in [0.25, 0.3) is 5.91 Å². The molecule has 0 aliphatic heterocycles. The number of nitrogens with one attached hydrogen (secondary N) is 1. The Morgan fingerprint density at radius 2 is 1.80 bits per heavy atom. The van der Waals surface area contributed by atoms with E-state index in [4.69, 9.17) is 33.7 Å². The number of rotatable bonds is 6. The molecule has 0 fully saturated rings. The minimum absolute atomic E-state index is 0.0851. The van der Waals surface area contributed by atoms with E-state index in [-0.39, 0.29) is 28.0 Å². The summed E-state index contributed by atoms with van der Waals surface area (Å²) in [7, 11) is 0. The number of hydrogen-bond acceptors (Lipinski definition) is 5. The zero-order chi connectivity index (χ0) is 18.4. The zero-order valence-electron chi connectivity index (χ0n) is 13.5. The van der Waals surface area contributed by atoms with E-state index in [0.717, 1.165) is 5.56 Å². The molecule has 0 aliphatic rings. The molecule has 3 N–H and O–H groups in total. The number of carbonyl (C=O) groups is 2. The third-order valence-electron chi connectivity index (χ3n) is 3.37. The van der Waals surface area contributed by atoms with Crippen LogP contribution in [0.5, 0.6) is 0 Å². The molecule has 2 aromatic rings. The van der Waals surface area contributed by atoms with Crippen molar-refractivity contribution in [3.63, 3.8) is 0 Å². The molecule has 132 valence electrons. The molecule has 0 bridgehead atoms. The molecular weight excluding hydrogens is 365 g/mol. The molecule has 1 atom stereocenters. The number of ether oxygens (including phenoxy) is 1. The van der Waals surface area contributed by atoms with Crippen molar-refractivity contribution in [3.8, 4) is 0 Å². The monoisotopic (exact) mass is 381 g/mol. The molecule has 6 nitrogen and oxygen atoms in total. The fourth-order valence-corrected chi connectivity index (χ4v) is 2.69. The lowest BCUT2D eigenvalue weighted by Gasteiger charge is -2.13. The number of benzene rings is 1. The van der Waals surface area contributed by atoms with Gasteiger partial charge in [0.05, 0.1) is 28.6 Å². The van der Waals surface area contributed by atoms with Gasteiger partial charge in [-0.1, -0.05) is 35.3 Å². The van der Waals surface area contributed by atoms with Crippen LogP contribution in [-0.2, 0) is 9.53 Å². The first-order chi connectivity index (χ1) is 11.9. The number of amides is 1.